The van der Waals surface area contributed by atoms with Crippen molar-refractivity contribution in [2.24, 2.45) is 0 Å². The lowest BCUT2D eigenvalue weighted by Gasteiger charge is -2.20. The van der Waals surface area contributed by atoms with Crippen molar-refractivity contribution in [3.63, 3.8) is 0 Å². The summed E-state index contributed by atoms with van der Waals surface area (Å²) in [5, 5.41) is 15.2. The zero-order valence-corrected chi connectivity index (χ0v) is 16.9. The Kier molecular flexibility index (Phi) is 7.07. The summed E-state index contributed by atoms with van der Waals surface area (Å²) in [7, 11) is 0. The van der Waals surface area contributed by atoms with E-state index in [2.05, 4.69) is 15.6 Å². The molecule has 0 saturated heterocycles. The number of halogens is 2. The Labute approximate surface area is 168 Å². The molecule has 9 heteroatoms. The van der Waals surface area contributed by atoms with Crippen molar-refractivity contribution in [3.8, 4) is 0 Å². The minimum Gasteiger partial charge on any atom is -0.378 e. The van der Waals surface area contributed by atoms with Crippen LogP contribution in [-0.4, -0.2) is 32.5 Å². The van der Waals surface area contributed by atoms with Crippen molar-refractivity contribution in [1.29, 1.82) is 0 Å². The molecule has 1 aromatic heterocycles. The maximum atomic E-state index is 13.3. The van der Waals surface area contributed by atoms with Gasteiger partial charge in [0, 0.05) is 17.8 Å². The summed E-state index contributed by atoms with van der Waals surface area (Å²) in [6, 6.07) is 1.42. The molecule has 0 aliphatic rings. The first kappa shape index (κ1) is 22.5. The third kappa shape index (κ3) is 6.08. The van der Waals surface area contributed by atoms with E-state index in [0.29, 0.717) is 24.7 Å². The van der Waals surface area contributed by atoms with E-state index in [1.807, 2.05) is 32.3 Å². The summed E-state index contributed by atoms with van der Waals surface area (Å²) in [4.78, 5) is 29.1. The molecular weight excluding hydrogens is 382 g/mol. The van der Waals surface area contributed by atoms with Crippen LogP contribution in [0, 0.1) is 11.6 Å². The predicted octanol–water partition coefficient (Wildman–Crippen LogP) is 2.87. The van der Waals surface area contributed by atoms with Gasteiger partial charge in [-0.3, -0.25) is 9.59 Å². The van der Waals surface area contributed by atoms with Gasteiger partial charge in [0.05, 0.1) is 6.33 Å². The highest BCUT2D eigenvalue weighted by Crippen LogP contribution is 2.18. The minimum atomic E-state index is -1.81. The van der Waals surface area contributed by atoms with Crippen LogP contribution in [-0.2, 0) is 15.1 Å². The molecule has 7 nitrogen and oxygen atoms in total. The van der Waals surface area contributed by atoms with Crippen LogP contribution in [0.2, 0.25) is 0 Å². The van der Waals surface area contributed by atoms with Crippen molar-refractivity contribution in [1.82, 2.24) is 14.9 Å². The number of aromatic nitrogens is 2. The van der Waals surface area contributed by atoms with E-state index in [0.717, 1.165) is 12.1 Å². The minimum absolute atomic E-state index is 0.211. The molecule has 2 rings (SSSR count). The molecule has 2 unspecified atom stereocenters. The van der Waals surface area contributed by atoms with Crippen LogP contribution in [0.1, 0.15) is 52.2 Å². The van der Waals surface area contributed by atoms with Gasteiger partial charge >= 0.3 is 0 Å². The number of imidazole rings is 1. The molecule has 1 aromatic carbocycles. The van der Waals surface area contributed by atoms with Gasteiger partial charge in [-0.1, -0.05) is 13.3 Å². The fourth-order valence-electron chi connectivity index (χ4n) is 2.66. The number of amides is 2. The monoisotopic (exact) mass is 408 g/mol. The standard InChI is InChI=1S/C20H26F2N4O3/c1-5-6-15(18(28)25-16-10-26(11-23-16)20(2,3)4)24-19(29)17(27)12-7-13(21)9-14(22)8-12/h7-11,15,17,27H,5-6H2,1-4H3,(H,24,29)(H,25,28). The smallest absolute Gasteiger partial charge is 0.254 e. The maximum absolute atomic E-state index is 13.3. The van der Waals surface area contributed by atoms with Crippen molar-refractivity contribution in [3.05, 3.63) is 47.9 Å². The number of nitrogens with one attached hydrogen (secondary N) is 2. The Morgan fingerprint density at radius 3 is 2.31 bits per heavy atom. The maximum Gasteiger partial charge on any atom is 0.254 e. The molecule has 0 saturated carbocycles. The summed E-state index contributed by atoms with van der Waals surface area (Å²) in [5.74, 6) is -2.93. The van der Waals surface area contributed by atoms with Gasteiger partial charge in [-0.15, -0.1) is 0 Å². The number of carbonyl (C=O) groups is 2. The Bertz CT molecular complexity index is 857. The predicted molar refractivity (Wildman–Crippen MR) is 104 cm³/mol. The molecule has 2 atom stereocenters. The highest BCUT2D eigenvalue weighted by atomic mass is 19.1. The summed E-state index contributed by atoms with van der Waals surface area (Å²) in [6.45, 7) is 7.78. The topological polar surface area (TPSA) is 96.3 Å². The second kappa shape index (κ2) is 9.13. The molecular formula is C20H26F2N4O3. The lowest BCUT2D eigenvalue weighted by molar-refractivity contribution is -0.133. The molecule has 0 aliphatic heterocycles. The van der Waals surface area contributed by atoms with Crippen LogP contribution in [0.4, 0.5) is 14.6 Å². The normalized spacial score (nSPS) is 13.6. The van der Waals surface area contributed by atoms with Gasteiger partial charge in [0.25, 0.3) is 5.91 Å². The largest absolute Gasteiger partial charge is 0.378 e. The first-order chi connectivity index (χ1) is 13.5. The molecule has 3 N–H and O–H groups in total. The molecule has 0 radical (unpaired) electrons. The molecule has 1 heterocycles. The van der Waals surface area contributed by atoms with Crippen LogP contribution in [0.25, 0.3) is 0 Å². The van der Waals surface area contributed by atoms with Crippen LogP contribution < -0.4 is 10.6 Å². The van der Waals surface area contributed by atoms with Crippen LogP contribution >= 0.6 is 0 Å². The Morgan fingerprint density at radius 1 is 1.17 bits per heavy atom. The van der Waals surface area contributed by atoms with E-state index in [1.165, 1.54) is 0 Å². The van der Waals surface area contributed by atoms with E-state index >= 15 is 0 Å². The highest BCUT2D eigenvalue weighted by molar-refractivity contribution is 5.97. The molecule has 2 aromatic rings. The van der Waals surface area contributed by atoms with Gasteiger partial charge in [0.15, 0.2) is 11.9 Å². The number of carbonyl (C=O) groups excluding carboxylic acids is 2. The SMILES string of the molecule is CCCC(NC(=O)C(O)c1cc(F)cc(F)c1)C(=O)Nc1cn(C(C)(C)C)cn1. The van der Waals surface area contributed by atoms with Gasteiger partial charge in [-0.05, 0) is 44.9 Å². The molecule has 29 heavy (non-hydrogen) atoms. The number of aliphatic hydroxyl groups is 1. The lowest BCUT2D eigenvalue weighted by Crippen LogP contribution is -2.45. The quantitative estimate of drug-likeness (QED) is 0.656. The van der Waals surface area contributed by atoms with Gasteiger partial charge in [-0.2, -0.15) is 0 Å². The third-order valence-electron chi connectivity index (χ3n) is 4.27. The Balaban J connectivity index is 2.08. The van der Waals surface area contributed by atoms with Crippen molar-refractivity contribution >= 4 is 17.6 Å². The first-order valence-electron chi connectivity index (χ1n) is 9.31. The van der Waals surface area contributed by atoms with E-state index in [1.54, 1.807) is 12.5 Å². The van der Waals surface area contributed by atoms with Gasteiger partial charge in [0.2, 0.25) is 5.91 Å². The number of anilines is 1. The first-order valence-corrected chi connectivity index (χ1v) is 9.31. The van der Waals surface area contributed by atoms with Crippen molar-refractivity contribution in [2.75, 3.05) is 5.32 Å². The van der Waals surface area contributed by atoms with E-state index in [9.17, 15) is 23.5 Å². The van der Waals surface area contributed by atoms with E-state index < -0.39 is 35.6 Å². The van der Waals surface area contributed by atoms with Gasteiger partial charge in [-0.25, -0.2) is 13.8 Å². The number of aliphatic hydroxyl groups excluding tert-OH is 1. The molecule has 0 fully saturated rings. The summed E-state index contributed by atoms with van der Waals surface area (Å²) >= 11 is 0. The number of hydrogen-bond donors (Lipinski definition) is 3. The van der Waals surface area contributed by atoms with Crippen LogP contribution in [0.5, 0.6) is 0 Å². The zero-order chi connectivity index (χ0) is 21.8. The number of nitrogens with zero attached hydrogens (tertiary/aromatic N) is 2. The van der Waals surface area contributed by atoms with Crippen molar-refractivity contribution < 1.29 is 23.5 Å². The van der Waals surface area contributed by atoms with Gasteiger partial charge < -0.3 is 20.3 Å². The second-order valence-electron chi connectivity index (χ2n) is 7.78. The number of benzene rings is 1. The fourth-order valence-corrected chi connectivity index (χ4v) is 2.66. The summed E-state index contributed by atoms with van der Waals surface area (Å²) < 4.78 is 28.5. The Morgan fingerprint density at radius 2 is 1.79 bits per heavy atom. The lowest BCUT2D eigenvalue weighted by atomic mass is 10.1. The van der Waals surface area contributed by atoms with Gasteiger partial charge in [0.1, 0.15) is 17.7 Å². The van der Waals surface area contributed by atoms with E-state index in [4.69, 9.17) is 0 Å². The number of hydrogen-bond acceptors (Lipinski definition) is 4. The highest BCUT2D eigenvalue weighted by Gasteiger charge is 2.26. The van der Waals surface area contributed by atoms with Crippen molar-refractivity contribution in [2.45, 2.75) is 58.2 Å². The van der Waals surface area contributed by atoms with Crippen LogP contribution in [0.3, 0.4) is 0 Å². The third-order valence-corrected chi connectivity index (χ3v) is 4.27. The second-order valence-corrected chi connectivity index (χ2v) is 7.78. The zero-order valence-electron chi connectivity index (χ0n) is 16.9. The average Bonchev–Trinajstić information content (AvgIpc) is 3.08. The van der Waals surface area contributed by atoms with Crippen LogP contribution in [0.15, 0.2) is 30.7 Å². The summed E-state index contributed by atoms with van der Waals surface area (Å²) in [5.41, 5.74) is -0.447. The average molecular weight is 408 g/mol. The molecule has 158 valence electrons. The summed E-state index contributed by atoms with van der Waals surface area (Å²) in [6.07, 6.45) is 2.34. The molecule has 0 aliphatic carbocycles. The Hall–Kier alpha value is -2.81. The molecule has 0 spiro atoms. The fraction of sp³-hybridized carbons (Fsp3) is 0.450. The molecule has 0 bridgehead atoms. The molecule has 2 amide bonds. The van der Waals surface area contributed by atoms with E-state index in [-0.39, 0.29) is 11.1 Å². The number of rotatable bonds is 7.